The summed E-state index contributed by atoms with van der Waals surface area (Å²) in [5.74, 6) is 0. The van der Waals surface area contributed by atoms with Crippen LogP contribution in [0.4, 0.5) is 0 Å². The van der Waals surface area contributed by atoms with E-state index in [1.165, 1.54) is 5.56 Å². The van der Waals surface area contributed by atoms with Crippen LogP contribution in [0.1, 0.15) is 12.0 Å². The molecule has 0 aliphatic carbocycles. The lowest BCUT2D eigenvalue weighted by atomic mass is 10.0. The van der Waals surface area contributed by atoms with E-state index in [4.69, 9.17) is 0 Å². The van der Waals surface area contributed by atoms with E-state index in [2.05, 4.69) is 24.0 Å². The van der Waals surface area contributed by atoms with Crippen LogP contribution in [0.5, 0.6) is 0 Å². The highest BCUT2D eigenvalue weighted by Gasteiger charge is 2.05. The van der Waals surface area contributed by atoms with Crippen molar-refractivity contribution in [2.45, 2.75) is 18.9 Å². The van der Waals surface area contributed by atoms with Gasteiger partial charge in [0.2, 0.25) is 6.41 Å². The minimum absolute atomic E-state index is 0.160. The van der Waals surface area contributed by atoms with Crippen LogP contribution in [0.3, 0.4) is 0 Å². The first-order chi connectivity index (χ1) is 6.86. The molecule has 0 aliphatic rings. The Balaban J connectivity index is 2.54. The van der Waals surface area contributed by atoms with Crippen molar-refractivity contribution in [3.8, 4) is 0 Å². The van der Waals surface area contributed by atoms with E-state index >= 15 is 0 Å². The Morgan fingerprint density at radius 2 is 2.07 bits per heavy atom. The topological polar surface area (TPSA) is 29.1 Å². The second kappa shape index (κ2) is 5.97. The molecule has 1 aromatic rings. The van der Waals surface area contributed by atoms with E-state index in [-0.39, 0.29) is 6.04 Å². The van der Waals surface area contributed by atoms with Crippen molar-refractivity contribution in [1.29, 1.82) is 0 Å². The van der Waals surface area contributed by atoms with Crippen molar-refractivity contribution < 1.29 is 4.79 Å². The first kappa shape index (κ1) is 10.5. The molecule has 1 aromatic carbocycles. The van der Waals surface area contributed by atoms with Gasteiger partial charge in [0.05, 0.1) is 0 Å². The maximum absolute atomic E-state index is 10.3. The summed E-state index contributed by atoms with van der Waals surface area (Å²) in [6.07, 6.45) is 4.22. The average molecular weight is 189 g/mol. The van der Waals surface area contributed by atoms with Crippen molar-refractivity contribution in [2.24, 2.45) is 0 Å². The van der Waals surface area contributed by atoms with Crippen LogP contribution in [0.15, 0.2) is 43.0 Å². The molecule has 14 heavy (non-hydrogen) atoms. The van der Waals surface area contributed by atoms with Crippen LogP contribution in [0, 0.1) is 0 Å². The highest BCUT2D eigenvalue weighted by Crippen LogP contribution is 2.05. The molecular weight excluding hydrogens is 174 g/mol. The summed E-state index contributed by atoms with van der Waals surface area (Å²) in [4.78, 5) is 10.3. The monoisotopic (exact) mass is 189 g/mol. The zero-order valence-corrected chi connectivity index (χ0v) is 8.15. The van der Waals surface area contributed by atoms with Crippen LogP contribution in [0.25, 0.3) is 0 Å². The fourth-order valence-corrected chi connectivity index (χ4v) is 1.41. The van der Waals surface area contributed by atoms with Gasteiger partial charge in [-0.1, -0.05) is 36.4 Å². The smallest absolute Gasteiger partial charge is 0.207 e. The van der Waals surface area contributed by atoms with Gasteiger partial charge in [0, 0.05) is 6.04 Å². The second-order valence-electron chi connectivity index (χ2n) is 3.20. The number of hydrogen-bond donors (Lipinski definition) is 1. The van der Waals surface area contributed by atoms with E-state index in [9.17, 15) is 4.79 Å². The minimum atomic E-state index is 0.160. The van der Waals surface area contributed by atoms with Crippen molar-refractivity contribution in [3.05, 3.63) is 48.6 Å². The molecule has 0 radical (unpaired) electrons. The maximum Gasteiger partial charge on any atom is 0.207 e. The quantitative estimate of drug-likeness (QED) is 0.537. The average Bonchev–Trinajstić information content (AvgIpc) is 2.20. The van der Waals surface area contributed by atoms with Crippen molar-refractivity contribution in [1.82, 2.24) is 5.32 Å². The maximum atomic E-state index is 10.3. The molecular formula is C12H15NO. The fraction of sp³-hybridized carbons (Fsp3) is 0.250. The zero-order valence-electron chi connectivity index (χ0n) is 8.15. The number of rotatable bonds is 6. The van der Waals surface area contributed by atoms with E-state index in [0.29, 0.717) is 0 Å². The number of amides is 1. The van der Waals surface area contributed by atoms with Gasteiger partial charge in [-0.15, -0.1) is 6.58 Å². The van der Waals surface area contributed by atoms with Gasteiger partial charge in [0.25, 0.3) is 0 Å². The predicted molar refractivity (Wildman–Crippen MR) is 57.9 cm³/mol. The van der Waals surface area contributed by atoms with Gasteiger partial charge in [-0.25, -0.2) is 0 Å². The molecule has 0 spiro atoms. The summed E-state index contributed by atoms with van der Waals surface area (Å²) < 4.78 is 0. The third kappa shape index (κ3) is 3.44. The Hall–Kier alpha value is -1.57. The molecule has 0 aromatic heterocycles. The van der Waals surface area contributed by atoms with Gasteiger partial charge in [0.15, 0.2) is 0 Å². The van der Waals surface area contributed by atoms with Gasteiger partial charge < -0.3 is 5.32 Å². The van der Waals surface area contributed by atoms with E-state index in [0.717, 1.165) is 19.3 Å². The number of hydrogen-bond acceptors (Lipinski definition) is 1. The molecule has 2 heteroatoms. The van der Waals surface area contributed by atoms with Crippen LogP contribution in [-0.4, -0.2) is 12.5 Å². The Kier molecular flexibility index (Phi) is 4.48. The lowest BCUT2D eigenvalue weighted by Crippen LogP contribution is -2.29. The lowest BCUT2D eigenvalue weighted by molar-refractivity contribution is -0.110. The Morgan fingerprint density at radius 1 is 1.36 bits per heavy atom. The lowest BCUT2D eigenvalue weighted by Gasteiger charge is -2.13. The number of nitrogens with one attached hydrogen (secondary N) is 1. The summed E-state index contributed by atoms with van der Waals surface area (Å²) in [5.41, 5.74) is 1.23. The van der Waals surface area contributed by atoms with E-state index in [1.54, 1.807) is 0 Å². The number of carbonyl (C=O) groups is 1. The summed E-state index contributed by atoms with van der Waals surface area (Å²) in [7, 11) is 0. The van der Waals surface area contributed by atoms with Crippen LogP contribution in [0.2, 0.25) is 0 Å². The van der Waals surface area contributed by atoms with Crippen molar-refractivity contribution >= 4 is 6.41 Å². The van der Waals surface area contributed by atoms with E-state index < -0.39 is 0 Å². The molecule has 0 heterocycles. The number of benzene rings is 1. The first-order valence-electron chi connectivity index (χ1n) is 4.71. The van der Waals surface area contributed by atoms with Gasteiger partial charge >= 0.3 is 0 Å². The third-order valence-corrected chi connectivity index (χ3v) is 2.08. The summed E-state index contributed by atoms with van der Waals surface area (Å²) >= 11 is 0. The SMILES string of the molecule is C=CCC(Cc1ccccc1)NC=O. The second-order valence-corrected chi connectivity index (χ2v) is 3.20. The first-order valence-corrected chi connectivity index (χ1v) is 4.71. The summed E-state index contributed by atoms with van der Waals surface area (Å²) in [6, 6.07) is 10.3. The zero-order chi connectivity index (χ0) is 10.2. The number of carbonyl (C=O) groups excluding carboxylic acids is 1. The third-order valence-electron chi connectivity index (χ3n) is 2.08. The molecule has 1 unspecified atom stereocenters. The van der Waals surface area contributed by atoms with Gasteiger partial charge in [0.1, 0.15) is 0 Å². The van der Waals surface area contributed by atoms with Gasteiger partial charge in [-0.2, -0.15) is 0 Å². The van der Waals surface area contributed by atoms with Crippen LogP contribution in [-0.2, 0) is 11.2 Å². The molecule has 1 rings (SSSR count). The van der Waals surface area contributed by atoms with Gasteiger partial charge in [-0.05, 0) is 18.4 Å². The molecule has 74 valence electrons. The molecule has 0 saturated carbocycles. The Morgan fingerprint density at radius 3 is 2.64 bits per heavy atom. The summed E-state index contributed by atoms with van der Waals surface area (Å²) in [6.45, 7) is 3.67. The largest absolute Gasteiger partial charge is 0.355 e. The minimum Gasteiger partial charge on any atom is -0.355 e. The van der Waals surface area contributed by atoms with Crippen molar-refractivity contribution in [2.75, 3.05) is 0 Å². The molecule has 1 N–H and O–H groups in total. The molecule has 1 atom stereocenters. The Labute approximate surface area is 84.6 Å². The fourth-order valence-electron chi connectivity index (χ4n) is 1.41. The molecule has 2 nitrogen and oxygen atoms in total. The highest BCUT2D eigenvalue weighted by molar-refractivity contribution is 5.46. The van der Waals surface area contributed by atoms with Crippen LogP contribution >= 0.6 is 0 Å². The molecule has 1 amide bonds. The molecule has 0 bridgehead atoms. The summed E-state index contributed by atoms with van der Waals surface area (Å²) in [5, 5.41) is 2.78. The standard InChI is InChI=1S/C12H15NO/c1-2-6-12(13-10-14)9-11-7-4-3-5-8-11/h2-5,7-8,10,12H,1,6,9H2,(H,13,14). The highest BCUT2D eigenvalue weighted by atomic mass is 16.1. The molecule has 0 aliphatic heterocycles. The normalized spacial score (nSPS) is 11.7. The Bertz CT molecular complexity index is 272. The van der Waals surface area contributed by atoms with Gasteiger partial charge in [-0.3, -0.25) is 4.79 Å². The molecule has 0 fully saturated rings. The molecule has 0 saturated heterocycles. The van der Waals surface area contributed by atoms with E-state index in [1.807, 2.05) is 24.3 Å². The van der Waals surface area contributed by atoms with Crippen molar-refractivity contribution in [3.63, 3.8) is 0 Å². The predicted octanol–water partition coefficient (Wildman–Crippen LogP) is 1.92. The van der Waals surface area contributed by atoms with Crippen LogP contribution < -0.4 is 5.32 Å².